The van der Waals surface area contributed by atoms with Gasteiger partial charge in [-0.2, -0.15) is 0 Å². The van der Waals surface area contributed by atoms with E-state index in [-0.39, 0.29) is 10.8 Å². The number of para-hydroxylation sites is 1. The van der Waals surface area contributed by atoms with E-state index in [9.17, 15) is 0 Å². The molecule has 6 rings (SSSR count). The van der Waals surface area contributed by atoms with Crippen molar-refractivity contribution in [3.8, 4) is 16.8 Å². The summed E-state index contributed by atoms with van der Waals surface area (Å²) in [5, 5.41) is 2.61. The maximum atomic E-state index is 4.01. The van der Waals surface area contributed by atoms with Gasteiger partial charge in [-0.15, -0.1) is 0 Å². The molecule has 0 aliphatic heterocycles. The molecular weight excluding hydrogens is 567 g/mol. The highest BCUT2D eigenvalue weighted by Gasteiger charge is 2.43. The third-order valence-corrected chi connectivity index (χ3v) is 9.30. The summed E-state index contributed by atoms with van der Waals surface area (Å²) < 4.78 is 2.36. The Morgan fingerprint density at radius 1 is 0.596 bits per heavy atom. The van der Waals surface area contributed by atoms with E-state index < -0.39 is 0 Å². The molecule has 4 aromatic carbocycles. The highest BCUT2D eigenvalue weighted by Crippen LogP contribution is 2.55. The van der Waals surface area contributed by atoms with Crippen LogP contribution in [0, 0.1) is 17.8 Å². The Kier molecular flexibility index (Phi) is 10.9. The van der Waals surface area contributed by atoms with Gasteiger partial charge < -0.3 is 4.57 Å². The normalized spacial score (nSPS) is 16.7. The molecule has 1 nitrogen and oxygen atoms in total. The van der Waals surface area contributed by atoms with Gasteiger partial charge in [0, 0.05) is 27.3 Å². The summed E-state index contributed by atoms with van der Waals surface area (Å²) in [5.74, 6) is 0. The zero-order valence-electron chi connectivity index (χ0n) is 29.7. The number of nitrogens with zero attached hydrogens (tertiary/aromatic N) is 1. The molecule has 0 amide bonds. The molecule has 0 spiro atoms. The predicted molar refractivity (Wildman–Crippen MR) is 209 cm³/mol. The lowest BCUT2D eigenvalue weighted by molar-refractivity contribution is 0.441. The van der Waals surface area contributed by atoms with Crippen LogP contribution >= 0.6 is 0 Å². The van der Waals surface area contributed by atoms with E-state index in [1.54, 1.807) is 0 Å². The van der Waals surface area contributed by atoms with Gasteiger partial charge in [0.05, 0.1) is 11.0 Å². The lowest BCUT2D eigenvalue weighted by Crippen LogP contribution is -2.34. The summed E-state index contributed by atoms with van der Waals surface area (Å²) in [4.78, 5) is 0. The molecular formula is C46H51N. The SMILES string of the molecule is C=C/C=C1\C(=C/C)C(C)(C)C(C=C)=C(C=C)C1(C)C.CC.Cc1ccc2c(c1)c1cc(-c3ccccc3)ccc1n2-c1ccccc1. The Morgan fingerprint density at radius 2 is 1.11 bits per heavy atom. The second kappa shape index (κ2) is 14.7. The highest BCUT2D eigenvalue weighted by atomic mass is 15.0. The smallest absolute Gasteiger partial charge is 0.0541 e. The van der Waals surface area contributed by atoms with Crippen LogP contribution in [0.25, 0.3) is 38.6 Å². The van der Waals surface area contributed by atoms with Gasteiger partial charge in [0.1, 0.15) is 0 Å². The van der Waals surface area contributed by atoms with E-state index in [1.165, 1.54) is 66.5 Å². The number of benzene rings is 4. The molecule has 0 unspecified atom stereocenters. The Hall–Kier alpha value is -4.88. The minimum Gasteiger partial charge on any atom is -0.309 e. The first-order valence-electron chi connectivity index (χ1n) is 16.8. The zero-order valence-corrected chi connectivity index (χ0v) is 29.7. The summed E-state index contributed by atoms with van der Waals surface area (Å²) in [6.45, 7) is 29.1. The molecule has 5 aromatic rings. The minimum atomic E-state index is -0.0726. The lowest BCUT2D eigenvalue weighted by atomic mass is 9.57. The standard InChI is InChI=1S/C25H19N.C19H26.C2H6/c1-18-12-14-24-22(16-18)23-17-20(19-8-4-2-5-9-19)13-15-25(23)26(24)21-10-6-3-7-11-21;1-9-13-17-16(12-4)18(5,6)14(10-2)15(11-3)19(17,7)8;1-2/h2-17H,1H3;9-13H,1-3H2,4-8H3;1-2H3/b;16-12+,17-13+;. The van der Waals surface area contributed by atoms with Crippen molar-refractivity contribution in [1.29, 1.82) is 0 Å². The van der Waals surface area contributed by atoms with Crippen LogP contribution in [0.5, 0.6) is 0 Å². The first kappa shape index (κ1) is 35.0. The molecule has 0 radical (unpaired) electrons. The quantitative estimate of drug-likeness (QED) is 0.185. The number of allylic oxidation sites excluding steroid dienone is 9. The molecule has 1 aromatic heterocycles. The molecule has 47 heavy (non-hydrogen) atoms. The lowest BCUT2D eigenvalue weighted by Gasteiger charge is -2.46. The number of rotatable bonds is 5. The van der Waals surface area contributed by atoms with Crippen LogP contribution in [0.2, 0.25) is 0 Å². The topological polar surface area (TPSA) is 4.93 Å². The fourth-order valence-electron chi connectivity index (χ4n) is 7.10. The van der Waals surface area contributed by atoms with Gasteiger partial charge in [-0.3, -0.25) is 0 Å². The monoisotopic (exact) mass is 617 g/mol. The third kappa shape index (κ3) is 6.54. The largest absolute Gasteiger partial charge is 0.309 e. The van der Waals surface area contributed by atoms with Crippen LogP contribution in [-0.4, -0.2) is 4.57 Å². The highest BCUT2D eigenvalue weighted by molar-refractivity contribution is 6.10. The molecule has 0 saturated heterocycles. The number of hydrogen-bond donors (Lipinski definition) is 0. The van der Waals surface area contributed by atoms with Crippen LogP contribution in [0.15, 0.2) is 169 Å². The van der Waals surface area contributed by atoms with Crippen LogP contribution < -0.4 is 0 Å². The molecule has 0 atom stereocenters. The Labute approximate surface area is 283 Å². The van der Waals surface area contributed by atoms with Crippen molar-refractivity contribution in [1.82, 2.24) is 4.57 Å². The fourth-order valence-corrected chi connectivity index (χ4v) is 7.10. The summed E-state index contributed by atoms with van der Waals surface area (Å²) in [5.41, 5.74) is 12.6. The molecule has 240 valence electrons. The fraction of sp³-hybridized carbons (Fsp3) is 0.217. The summed E-state index contributed by atoms with van der Waals surface area (Å²) in [6.07, 6.45) is 10.2. The van der Waals surface area contributed by atoms with Gasteiger partial charge in [-0.25, -0.2) is 0 Å². The molecule has 1 aliphatic rings. The van der Waals surface area contributed by atoms with Crippen molar-refractivity contribution in [3.63, 3.8) is 0 Å². The summed E-state index contributed by atoms with van der Waals surface area (Å²) >= 11 is 0. The molecule has 0 fully saturated rings. The predicted octanol–water partition coefficient (Wildman–Crippen LogP) is 13.6. The first-order chi connectivity index (χ1) is 22.6. The van der Waals surface area contributed by atoms with Gasteiger partial charge in [0.15, 0.2) is 0 Å². The Morgan fingerprint density at radius 3 is 1.64 bits per heavy atom. The van der Waals surface area contributed by atoms with Crippen LogP contribution in [0.3, 0.4) is 0 Å². The third-order valence-electron chi connectivity index (χ3n) is 9.30. The van der Waals surface area contributed by atoms with Gasteiger partial charge in [0.2, 0.25) is 0 Å². The van der Waals surface area contributed by atoms with Gasteiger partial charge in [0.25, 0.3) is 0 Å². The second-order valence-corrected chi connectivity index (χ2v) is 12.8. The number of hydrogen-bond acceptors (Lipinski definition) is 0. The van der Waals surface area contributed by atoms with Gasteiger partial charge in [-0.05, 0) is 83.7 Å². The van der Waals surface area contributed by atoms with Crippen molar-refractivity contribution >= 4 is 21.8 Å². The average Bonchev–Trinajstić information content (AvgIpc) is 3.41. The Bertz CT molecular complexity index is 1990. The van der Waals surface area contributed by atoms with Crippen molar-refractivity contribution < 1.29 is 0 Å². The molecule has 1 heterocycles. The molecule has 0 N–H and O–H groups in total. The number of fused-ring (bicyclic) bond motifs is 3. The molecule has 1 heteroatoms. The van der Waals surface area contributed by atoms with Crippen LogP contribution in [0.1, 0.15) is 54.0 Å². The van der Waals surface area contributed by atoms with Crippen molar-refractivity contribution in [2.45, 2.75) is 55.4 Å². The molecule has 0 saturated carbocycles. The van der Waals surface area contributed by atoms with E-state index in [4.69, 9.17) is 0 Å². The number of aromatic nitrogens is 1. The first-order valence-corrected chi connectivity index (χ1v) is 16.8. The maximum Gasteiger partial charge on any atom is 0.0541 e. The van der Waals surface area contributed by atoms with E-state index >= 15 is 0 Å². The molecule has 0 bridgehead atoms. The van der Waals surface area contributed by atoms with Crippen molar-refractivity contribution in [2.75, 3.05) is 0 Å². The van der Waals surface area contributed by atoms with Crippen molar-refractivity contribution in [3.05, 3.63) is 175 Å². The van der Waals surface area contributed by atoms with E-state index in [1.807, 2.05) is 32.1 Å². The maximum absolute atomic E-state index is 4.01. The van der Waals surface area contributed by atoms with E-state index in [0.29, 0.717) is 0 Å². The summed E-state index contributed by atoms with van der Waals surface area (Å²) in [6, 6.07) is 34.7. The minimum absolute atomic E-state index is 0.0512. The second-order valence-electron chi connectivity index (χ2n) is 12.8. The number of aryl methyl sites for hydroxylation is 1. The van der Waals surface area contributed by atoms with Crippen molar-refractivity contribution in [2.24, 2.45) is 10.8 Å². The average molecular weight is 618 g/mol. The van der Waals surface area contributed by atoms with E-state index in [2.05, 4.69) is 175 Å². The van der Waals surface area contributed by atoms with Gasteiger partial charge in [-0.1, -0.05) is 158 Å². The zero-order chi connectivity index (χ0) is 34.4. The molecule has 1 aliphatic carbocycles. The summed E-state index contributed by atoms with van der Waals surface area (Å²) in [7, 11) is 0. The van der Waals surface area contributed by atoms with Gasteiger partial charge >= 0.3 is 0 Å². The Balaban J connectivity index is 0.000000213. The van der Waals surface area contributed by atoms with Crippen LogP contribution in [0.4, 0.5) is 0 Å². The van der Waals surface area contributed by atoms with Crippen LogP contribution in [-0.2, 0) is 0 Å². The van der Waals surface area contributed by atoms with E-state index in [0.717, 1.165) is 0 Å².